The topological polar surface area (TPSA) is 89.1 Å². The average Bonchev–Trinajstić information content (AvgIpc) is 2.65. The SMILES string of the molecule is CN(C(=O)c1ccc(C#N)cc1)[NH+]1CCN(C(=O)[C@@H](O)C(F)(F)F)CC1. The minimum atomic E-state index is -5.00. The summed E-state index contributed by atoms with van der Waals surface area (Å²) in [6, 6.07) is 8.04. The van der Waals surface area contributed by atoms with Crippen LogP contribution in [-0.4, -0.2) is 72.3 Å². The molecule has 10 heteroatoms. The van der Waals surface area contributed by atoms with Crippen LogP contribution in [0.2, 0.25) is 0 Å². The van der Waals surface area contributed by atoms with E-state index in [1.807, 2.05) is 6.07 Å². The summed E-state index contributed by atoms with van der Waals surface area (Å²) in [5, 5.41) is 19.9. The number of nitrogens with zero attached hydrogens (tertiary/aromatic N) is 3. The number of aliphatic hydroxyl groups excluding tert-OH is 1. The van der Waals surface area contributed by atoms with Crippen LogP contribution in [0.4, 0.5) is 13.2 Å². The molecule has 1 aromatic rings. The summed E-state index contributed by atoms with van der Waals surface area (Å²) < 4.78 is 37.3. The molecule has 2 rings (SSSR count). The van der Waals surface area contributed by atoms with Crippen LogP contribution in [0.1, 0.15) is 15.9 Å². The van der Waals surface area contributed by atoms with E-state index in [1.165, 1.54) is 29.3 Å². The first kappa shape index (κ1) is 19.7. The molecule has 0 unspecified atom stereocenters. The second kappa shape index (κ2) is 7.72. The van der Waals surface area contributed by atoms with E-state index in [4.69, 9.17) is 10.4 Å². The minimum Gasteiger partial charge on any atom is -0.376 e. The van der Waals surface area contributed by atoms with Gasteiger partial charge < -0.3 is 10.0 Å². The summed E-state index contributed by atoms with van der Waals surface area (Å²) in [6.45, 7) is 0.447. The van der Waals surface area contributed by atoms with Crippen LogP contribution < -0.4 is 5.01 Å². The van der Waals surface area contributed by atoms with Gasteiger partial charge in [-0.3, -0.25) is 9.59 Å². The Labute approximate surface area is 147 Å². The minimum absolute atomic E-state index is 0.00764. The van der Waals surface area contributed by atoms with Crippen molar-refractivity contribution in [2.45, 2.75) is 12.3 Å². The van der Waals surface area contributed by atoms with Crippen LogP contribution in [0.15, 0.2) is 24.3 Å². The highest BCUT2D eigenvalue weighted by Crippen LogP contribution is 2.21. The molecule has 0 aliphatic carbocycles. The maximum atomic E-state index is 12.5. The molecule has 0 spiro atoms. The van der Waals surface area contributed by atoms with Gasteiger partial charge in [0.05, 0.1) is 31.8 Å². The van der Waals surface area contributed by atoms with E-state index in [0.717, 1.165) is 4.90 Å². The first-order chi connectivity index (χ1) is 12.1. The molecule has 1 aliphatic heterocycles. The van der Waals surface area contributed by atoms with Crippen LogP contribution in [0.3, 0.4) is 0 Å². The van der Waals surface area contributed by atoms with Gasteiger partial charge in [0, 0.05) is 5.56 Å². The fraction of sp³-hybridized carbons (Fsp3) is 0.438. The lowest BCUT2D eigenvalue weighted by molar-refractivity contribution is -1.00. The normalized spacial score (nSPS) is 16.7. The summed E-state index contributed by atoms with van der Waals surface area (Å²) >= 11 is 0. The van der Waals surface area contributed by atoms with E-state index in [2.05, 4.69) is 0 Å². The smallest absolute Gasteiger partial charge is 0.376 e. The summed E-state index contributed by atoms with van der Waals surface area (Å²) in [5.74, 6) is -1.68. The summed E-state index contributed by atoms with van der Waals surface area (Å²) in [6.07, 6.45) is -8.02. The monoisotopic (exact) mass is 371 g/mol. The predicted octanol–water partition coefficient (Wildman–Crippen LogP) is -0.804. The van der Waals surface area contributed by atoms with E-state index in [-0.39, 0.29) is 32.1 Å². The second-order valence-corrected chi connectivity index (χ2v) is 5.89. The summed E-state index contributed by atoms with van der Waals surface area (Å²) in [5.41, 5.74) is 0.803. The van der Waals surface area contributed by atoms with Crippen LogP contribution in [-0.2, 0) is 4.79 Å². The maximum Gasteiger partial charge on any atom is 0.423 e. The van der Waals surface area contributed by atoms with E-state index in [9.17, 15) is 22.8 Å². The lowest BCUT2D eigenvalue weighted by Crippen LogP contribution is -3.20. The molecule has 140 valence electrons. The van der Waals surface area contributed by atoms with Gasteiger partial charge in [0.1, 0.15) is 13.1 Å². The Balaban J connectivity index is 1.95. The third kappa shape index (κ3) is 4.30. The number of amides is 2. The van der Waals surface area contributed by atoms with Gasteiger partial charge in [0.15, 0.2) is 0 Å². The number of carbonyl (C=O) groups is 2. The zero-order valence-corrected chi connectivity index (χ0v) is 14.0. The van der Waals surface area contributed by atoms with Gasteiger partial charge in [0.25, 0.3) is 11.8 Å². The van der Waals surface area contributed by atoms with Gasteiger partial charge in [-0.2, -0.15) is 23.4 Å². The lowest BCUT2D eigenvalue weighted by Gasteiger charge is -2.36. The van der Waals surface area contributed by atoms with Crippen LogP contribution in [0.25, 0.3) is 0 Å². The molecule has 0 saturated carbocycles. The predicted molar refractivity (Wildman–Crippen MR) is 82.6 cm³/mol. The summed E-state index contributed by atoms with van der Waals surface area (Å²) in [7, 11) is 1.55. The Hall–Kier alpha value is -2.64. The van der Waals surface area contributed by atoms with E-state index in [1.54, 1.807) is 7.05 Å². The lowest BCUT2D eigenvalue weighted by atomic mass is 10.1. The van der Waals surface area contributed by atoms with Crippen molar-refractivity contribution in [3.05, 3.63) is 35.4 Å². The van der Waals surface area contributed by atoms with E-state index in [0.29, 0.717) is 16.1 Å². The van der Waals surface area contributed by atoms with Gasteiger partial charge in [-0.25, -0.2) is 5.01 Å². The standard InChI is InChI=1S/C16H17F3N4O3/c1-21(14(25)12-4-2-11(10-20)3-5-12)23-8-6-22(7-9-23)15(26)13(24)16(17,18)19/h2-5,13,24H,6-9H2,1H3/p+1/t13-/m1/s1. The molecule has 0 bridgehead atoms. The zero-order chi connectivity index (χ0) is 19.5. The molecule has 7 nitrogen and oxygen atoms in total. The van der Waals surface area contributed by atoms with Crippen molar-refractivity contribution >= 4 is 11.8 Å². The molecule has 1 heterocycles. The number of nitriles is 1. The number of rotatable bonds is 3. The Morgan fingerprint density at radius 2 is 1.81 bits per heavy atom. The largest absolute Gasteiger partial charge is 0.423 e. The van der Waals surface area contributed by atoms with E-state index >= 15 is 0 Å². The molecule has 2 N–H and O–H groups in total. The van der Waals surface area contributed by atoms with Gasteiger partial charge in [-0.15, -0.1) is 0 Å². The van der Waals surface area contributed by atoms with Crippen molar-refractivity contribution in [1.29, 1.82) is 5.26 Å². The molecule has 1 atom stereocenters. The Bertz CT molecular complexity index is 707. The number of benzene rings is 1. The molecule has 1 saturated heterocycles. The molecule has 1 fully saturated rings. The number of hydrogen-bond acceptors (Lipinski definition) is 4. The van der Waals surface area contributed by atoms with Gasteiger partial charge in [-0.1, -0.05) is 0 Å². The van der Waals surface area contributed by atoms with Crippen molar-refractivity contribution in [3.8, 4) is 6.07 Å². The fourth-order valence-electron chi connectivity index (χ4n) is 2.66. The second-order valence-electron chi connectivity index (χ2n) is 5.89. The number of quaternary nitrogens is 1. The van der Waals surface area contributed by atoms with Gasteiger partial charge in [-0.05, 0) is 24.3 Å². The first-order valence-electron chi connectivity index (χ1n) is 7.81. The maximum absolute atomic E-state index is 12.5. The van der Waals surface area contributed by atoms with Crippen molar-refractivity contribution in [1.82, 2.24) is 9.91 Å². The van der Waals surface area contributed by atoms with Crippen LogP contribution >= 0.6 is 0 Å². The average molecular weight is 371 g/mol. The van der Waals surface area contributed by atoms with Crippen molar-refractivity contribution in [2.75, 3.05) is 33.2 Å². The van der Waals surface area contributed by atoms with Crippen molar-refractivity contribution in [3.63, 3.8) is 0 Å². The Morgan fingerprint density at radius 3 is 2.27 bits per heavy atom. The Morgan fingerprint density at radius 1 is 1.27 bits per heavy atom. The number of alkyl halides is 3. The molecule has 26 heavy (non-hydrogen) atoms. The molecule has 1 aliphatic rings. The molecular weight excluding hydrogens is 353 g/mol. The molecule has 1 aromatic carbocycles. The molecule has 0 aromatic heterocycles. The fourth-order valence-corrected chi connectivity index (χ4v) is 2.66. The zero-order valence-electron chi connectivity index (χ0n) is 14.0. The first-order valence-corrected chi connectivity index (χ1v) is 7.81. The summed E-state index contributed by atoms with van der Waals surface area (Å²) in [4.78, 5) is 25.1. The van der Waals surface area contributed by atoms with Crippen LogP contribution in [0.5, 0.6) is 0 Å². The van der Waals surface area contributed by atoms with Crippen molar-refractivity contribution in [2.24, 2.45) is 0 Å². The number of nitrogens with one attached hydrogen (secondary N) is 1. The quantitative estimate of drug-likeness (QED) is 0.728. The number of aliphatic hydroxyl groups is 1. The highest BCUT2D eigenvalue weighted by molar-refractivity contribution is 5.93. The molecular formula is C16H18F3N4O3+. The number of piperazine rings is 1. The number of halogens is 3. The number of hydrogen-bond donors (Lipinski definition) is 2. The highest BCUT2D eigenvalue weighted by Gasteiger charge is 2.46. The van der Waals surface area contributed by atoms with Crippen LogP contribution in [0, 0.1) is 11.3 Å². The van der Waals surface area contributed by atoms with Crippen molar-refractivity contribution < 1.29 is 32.9 Å². The molecule has 0 radical (unpaired) electrons. The number of carbonyl (C=O) groups excluding carboxylic acids is 2. The third-order valence-corrected chi connectivity index (χ3v) is 4.24. The highest BCUT2D eigenvalue weighted by atomic mass is 19.4. The van der Waals surface area contributed by atoms with Gasteiger partial charge in [0.2, 0.25) is 6.10 Å². The third-order valence-electron chi connectivity index (χ3n) is 4.24. The van der Waals surface area contributed by atoms with Gasteiger partial charge >= 0.3 is 6.18 Å². The molecule has 2 amide bonds. The Kier molecular flexibility index (Phi) is 5.84. The van der Waals surface area contributed by atoms with E-state index < -0.39 is 18.2 Å².